The van der Waals surface area contributed by atoms with Crippen LogP contribution in [0.15, 0.2) is 36.7 Å². The molecule has 1 aromatic carbocycles. The van der Waals surface area contributed by atoms with E-state index in [9.17, 15) is 13.9 Å². The number of benzene rings is 1. The van der Waals surface area contributed by atoms with E-state index in [0.717, 1.165) is 31.1 Å². The third-order valence-corrected chi connectivity index (χ3v) is 5.60. The second-order valence-electron chi connectivity index (χ2n) is 7.95. The van der Waals surface area contributed by atoms with E-state index < -0.39 is 17.2 Å². The van der Waals surface area contributed by atoms with Gasteiger partial charge in [-0.25, -0.2) is 18.3 Å². The van der Waals surface area contributed by atoms with Crippen LogP contribution in [0.1, 0.15) is 31.4 Å². The first-order chi connectivity index (χ1) is 13.4. The molecule has 1 N–H and O–H groups in total. The summed E-state index contributed by atoms with van der Waals surface area (Å²) in [6.07, 6.45) is 5.20. The monoisotopic (exact) mass is 385 g/mol. The molecule has 146 valence electrons. The lowest BCUT2D eigenvalue weighted by atomic mass is 9.97. The van der Waals surface area contributed by atoms with Crippen molar-refractivity contribution in [2.75, 3.05) is 29.4 Å². The maximum atomic E-state index is 14.4. The number of rotatable bonds is 3. The van der Waals surface area contributed by atoms with Crippen molar-refractivity contribution >= 4 is 17.2 Å². The molecular weight excluding hydrogens is 364 g/mol. The van der Waals surface area contributed by atoms with Gasteiger partial charge in [0, 0.05) is 31.4 Å². The van der Waals surface area contributed by atoms with Gasteiger partial charge >= 0.3 is 0 Å². The number of nitrogens with zero attached hydrogens (tertiary/aromatic N) is 5. The summed E-state index contributed by atoms with van der Waals surface area (Å²) in [5.74, 6) is -0.116. The van der Waals surface area contributed by atoms with Crippen molar-refractivity contribution in [3.63, 3.8) is 0 Å². The molecule has 1 atom stereocenters. The van der Waals surface area contributed by atoms with Crippen LogP contribution < -0.4 is 9.80 Å². The van der Waals surface area contributed by atoms with E-state index in [1.807, 2.05) is 22.1 Å². The van der Waals surface area contributed by atoms with E-state index >= 15 is 0 Å². The number of β-amino-alcohol motifs (C(OH)–C–C–N with tert-alkyl or cyclic N) is 1. The maximum absolute atomic E-state index is 14.4. The first-order valence-corrected chi connectivity index (χ1v) is 9.45. The van der Waals surface area contributed by atoms with Crippen molar-refractivity contribution in [2.24, 2.45) is 0 Å². The van der Waals surface area contributed by atoms with Crippen LogP contribution in [0.5, 0.6) is 0 Å². The van der Waals surface area contributed by atoms with Crippen molar-refractivity contribution < 1.29 is 13.9 Å². The van der Waals surface area contributed by atoms with Gasteiger partial charge in [0.1, 0.15) is 23.1 Å². The Balaban J connectivity index is 1.51. The van der Waals surface area contributed by atoms with Crippen LogP contribution in [0.2, 0.25) is 0 Å². The molecule has 8 heteroatoms. The van der Waals surface area contributed by atoms with Crippen LogP contribution in [0, 0.1) is 11.6 Å². The van der Waals surface area contributed by atoms with Crippen LogP contribution in [0.3, 0.4) is 0 Å². The number of aliphatic hydroxyl groups is 1. The summed E-state index contributed by atoms with van der Waals surface area (Å²) in [6, 6.07) is 5.21. The van der Waals surface area contributed by atoms with E-state index in [0.29, 0.717) is 30.1 Å². The minimum absolute atomic E-state index is 0.248. The third kappa shape index (κ3) is 2.79. The van der Waals surface area contributed by atoms with Crippen molar-refractivity contribution in [3.05, 3.63) is 53.9 Å². The van der Waals surface area contributed by atoms with Gasteiger partial charge in [0.15, 0.2) is 5.65 Å². The first kappa shape index (κ1) is 17.4. The van der Waals surface area contributed by atoms with Gasteiger partial charge in [-0.15, -0.1) is 0 Å². The Labute approximate surface area is 161 Å². The standard InChI is InChI=1S/C20H21F2N5O/c1-20(28)11-25(12-20)17-10-23-27-8-6-18(24-19(17)27)26-7-2-3-16(26)14-9-13(21)4-5-15(14)22/h4-6,8-10,16,28H,2-3,7,11-12H2,1H3/t16-/m1/s1. The van der Waals surface area contributed by atoms with Crippen molar-refractivity contribution in [3.8, 4) is 0 Å². The van der Waals surface area contributed by atoms with E-state index in [-0.39, 0.29) is 6.04 Å². The fourth-order valence-electron chi connectivity index (χ4n) is 4.31. The molecule has 0 bridgehead atoms. The number of fused-ring (bicyclic) bond motifs is 1. The highest BCUT2D eigenvalue weighted by molar-refractivity contribution is 5.71. The van der Waals surface area contributed by atoms with Gasteiger partial charge in [-0.05, 0) is 44.0 Å². The quantitative estimate of drug-likeness (QED) is 0.751. The number of aromatic nitrogens is 3. The van der Waals surface area contributed by atoms with E-state index in [1.165, 1.54) is 12.1 Å². The van der Waals surface area contributed by atoms with Crippen LogP contribution in [0.4, 0.5) is 20.3 Å². The Kier molecular flexibility index (Phi) is 3.80. The minimum Gasteiger partial charge on any atom is -0.386 e. The fraction of sp³-hybridized carbons (Fsp3) is 0.400. The van der Waals surface area contributed by atoms with Gasteiger partial charge in [0.05, 0.1) is 17.8 Å². The SMILES string of the molecule is CC1(O)CN(c2cnn3ccc(N4CCC[C@@H]4c4cc(F)ccc4F)nc23)C1. The molecule has 0 unspecified atom stereocenters. The van der Waals surface area contributed by atoms with Gasteiger partial charge in [-0.3, -0.25) is 0 Å². The van der Waals surface area contributed by atoms with Gasteiger partial charge in [0.2, 0.25) is 0 Å². The molecule has 28 heavy (non-hydrogen) atoms. The summed E-state index contributed by atoms with van der Waals surface area (Å²) in [5.41, 5.74) is 1.23. The second kappa shape index (κ2) is 6.13. The van der Waals surface area contributed by atoms with Crippen LogP contribution >= 0.6 is 0 Å². The first-order valence-electron chi connectivity index (χ1n) is 9.45. The van der Waals surface area contributed by atoms with Gasteiger partial charge in [-0.1, -0.05) is 0 Å². The summed E-state index contributed by atoms with van der Waals surface area (Å²) in [4.78, 5) is 8.85. The molecule has 4 heterocycles. The largest absolute Gasteiger partial charge is 0.386 e. The van der Waals surface area contributed by atoms with Gasteiger partial charge in [0.25, 0.3) is 0 Å². The minimum atomic E-state index is -0.694. The predicted octanol–water partition coefficient (Wildman–Crippen LogP) is 2.92. The highest BCUT2D eigenvalue weighted by Crippen LogP contribution is 2.37. The lowest BCUT2D eigenvalue weighted by molar-refractivity contribution is 0.0312. The number of halogens is 2. The third-order valence-electron chi connectivity index (χ3n) is 5.60. The zero-order chi connectivity index (χ0) is 19.5. The Morgan fingerprint density at radius 2 is 2.04 bits per heavy atom. The summed E-state index contributed by atoms with van der Waals surface area (Å²) in [7, 11) is 0. The molecule has 0 spiro atoms. The number of hydrogen-bond donors (Lipinski definition) is 1. The highest BCUT2D eigenvalue weighted by atomic mass is 19.1. The summed E-state index contributed by atoms with van der Waals surface area (Å²) in [5, 5.41) is 14.4. The molecule has 6 nitrogen and oxygen atoms in total. The normalized spacial score (nSPS) is 21.4. The molecule has 3 aromatic rings. The van der Waals surface area contributed by atoms with E-state index in [2.05, 4.69) is 5.10 Å². The molecule has 2 aliphatic heterocycles. The van der Waals surface area contributed by atoms with E-state index in [4.69, 9.17) is 4.98 Å². The average Bonchev–Trinajstić information content (AvgIpc) is 3.27. The van der Waals surface area contributed by atoms with Crippen molar-refractivity contribution in [1.29, 1.82) is 0 Å². The lowest BCUT2D eigenvalue weighted by Gasteiger charge is -2.45. The second-order valence-corrected chi connectivity index (χ2v) is 7.95. The Morgan fingerprint density at radius 3 is 2.82 bits per heavy atom. The molecule has 0 aliphatic carbocycles. The Bertz CT molecular complexity index is 1040. The lowest BCUT2D eigenvalue weighted by Crippen LogP contribution is -2.60. The summed E-state index contributed by atoms with van der Waals surface area (Å²) in [6.45, 7) is 3.59. The molecule has 0 radical (unpaired) electrons. The van der Waals surface area contributed by atoms with Crippen molar-refractivity contribution in [2.45, 2.75) is 31.4 Å². The summed E-state index contributed by atoms with van der Waals surface area (Å²) >= 11 is 0. The zero-order valence-electron chi connectivity index (χ0n) is 15.5. The topological polar surface area (TPSA) is 56.9 Å². The molecule has 2 aliphatic rings. The van der Waals surface area contributed by atoms with Gasteiger partial charge < -0.3 is 14.9 Å². The van der Waals surface area contributed by atoms with E-state index in [1.54, 1.807) is 17.6 Å². The predicted molar refractivity (Wildman–Crippen MR) is 102 cm³/mol. The molecule has 2 fully saturated rings. The number of anilines is 2. The molecule has 0 amide bonds. The zero-order valence-corrected chi connectivity index (χ0v) is 15.5. The highest BCUT2D eigenvalue weighted by Gasteiger charge is 2.38. The molecule has 2 saturated heterocycles. The molecule has 5 rings (SSSR count). The molecule has 2 aromatic heterocycles. The average molecular weight is 385 g/mol. The molecular formula is C20H21F2N5O. The smallest absolute Gasteiger partial charge is 0.180 e. The molecule has 0 saturated carbocycles. The van der Waals surface area contributed by atoms with Crippen LogP contribution in [-0.2, 0) is 0 Å². The number of hydrogen-bond acceptors (Lipinski definition) is 5. The van der Waals surface area contributed by atoms with Crippen LogP contribution in [-0.4, -0.2) is 44.9 Å². The maximum Gasteiger partial charge on any atom is 0.180 e. The Morgan fingerprint density at radius 1 is 1.21 bits per heavy atom. The van der Waals surface area contributed by atoms with Crippen LogP contribution in [0.25, 0.3) is 5.65 Å². The Hall–Kier alpha value is -2.74. The van der Waals surface area contributed by atoms with Crippen molar-refractivity contribution in [1.82, 2.24) is 14.6 Å². The van der Waals surface area contributed by atoms with Gasteiger partial charge in [-0.2, -0.15) is 5.10 Å². The summed E-state index contributed by atoms with van der Waals surface area (Å²) < 4.78 is 29.8. The fourth-order valence-corrected chi connectivity index (χ4v) is 4.31.